The molecule has 0 aromatic carbocycles. The summed E-state index contributed by atoms with van der Waals surface area (Å²) in [6.07, 6.45) is 3.46. The lowest BCUT2D eigenvalue weighted by atomic mass is 9.90. The molecule has 2 heterocycles. The first-order valence-electron chi connectivity index (χ1n) is 7.37. The van der Waals surface area contributed by atoms with Crippen molar-refractivity contribution in [3.63, 3.8) is 0 Å². The Morgan fingerprint density at radius 1 is 1.60 bits per heavy atom. The van der Waals surface area contributed by atoms with Crippen LogP contribution in [0.3, 0.4) is 0 Å². The van der Waals surface area contributed by atoms with Gasteiger partial charge in [0.25, 0.3) is 0 Å². The molecule has 2 fully saturated rings. The van der Waals surface area contributed by atoms with E-state index < -0.39 is 0 Å². The molecule has 0 aromatic heterocycles. The van der Waals surface area contributed by atoms with Crippen LogP contribution < -0.4 is 11.1 Å². The van der Waals surface area contributed by atoms with Crippen molar-refractivity contribution in [2.75, 3.05) is 32.8 Å². The maximum atomic E-state index is 12.1. The smallest absolute Gasteiger partial charge is 0.237 e. The van der Waals surface area contributed by atoms with Gasteiger partial charge in [0.1, 0.15) is 0 Å². The van der Waals surface area contributed by atoms with Crippen molar-refractivity contribution in [2.24, 2.45) is 11.1 Å². The summed E-state index contributed by atoms with van der Waals surface area (Å²) in [6, 6.07) is -0.0743. The fourth-order valence-electron chi connectivity index (χ4n) is 2.89. The van der Waals surface area contributed by atoms with Gasteiger partial charge in [0.05, 0.1) is 12.1 Å². The molecule has 5 nitrogen and oxygen atoms in total. The molecule has 0 radical (unpaired) electrons. The molecule has 0 aromatic rings. The molecule has 118 valence electrons. The standard InChI is InChI=1S/C14H27N3O2.ClH/c1-11(17-6-5-14(2,9-15)10-17)13(18)16-8-12-4-3-7-19-12;/h11-12H,3-10,15H2,1-2H3,(H,16,18);1H. The van der Waals surface area contributed by atoms with Gasteiger partial charge in [-0.05, 0) is 44.7 Å². The van der Waals surface area contributed by atoms with E-state index in [-0.39, 0.29) is 35.9 Å². The summed E-state index contributed by atoms with van der Waals surface area (Å²) in [5, 5.41) is 3.01. The summed E-state index contributed by atoms with van der Waals surface area (Å²) in [5.41, 5.74) is 5.97. The summed E-state index contributed by atoms with van der Waals surface area (Å²) < 4.78 is 5.51. The molecule has 0 spiro atoms. The highest BCUT2D eigenvalue weighted by Crippen LogP contribution is 2.29. The molecule has 0 bridgehead atoms. The third kappa shape index (κ3) is 4.32. The minimum atomic E-state index is -0.0743. The van der Waals surface area contributed by atoms with E-state index in [1.165, 1.54) is 0 Å². The van der Waals surface area contributed by atoms with Crippen molar-refractivity contribution in [3.05, 3.63) is 0 Å². The van der Waals surface area contributed by atoms with Crippen LogP contribution in [0.15, 0.2) is 0 Å². The van der Waals surface area contributed by atoms with E-state index in [4.69, 9.17) is 10.5 Å². The van der Waals surface area contributed by atoms with Crippen LogP contribution >= 0.6 is 12.4 Å². The number of halogens is 1. The van der Waals surface area contributed by atoms with E-state index in [0.717, 1.165) is 39.0 Å². The third-order valence-corrected chi connectivity index (χ3v) is 4.54. The Hall–Kier alpha value is -0.360. The van der Waals surface area contributed by atoms with Gasteiger partial charge in [0.2, 0.25) is 5.91 Å². The fourth-order valence-corrected chi connectivity index (χ4v) is 2.89. The van der Waals surface area contributed by atoms with Crippen LogP contribution in [-0.2, 0) is 9.53 Å². The lowest BCUT2D eigenvalue weighted by Crippen LogP contribution is -2.46. The Labute approximate surface area is 128 Å². The highest BCUT2D eigenvalue weighted by atomic mass is 35.5. The predicted octanol–water partition coefficient (Wildman–Crippen LogP) is 0.763. The first kappa shape index (κ1) is 17.7. The molecular weight excluding hydrogens is 278 g/mol. The highest BCUT2D eigenvalue weighted by Gasteiger charge is 2.36. The van der Waals surface area contributed by atoms with E-state index in [1.54, 1.807) is 0 Å². The number of carbonyl (C=O) groups is 1. The second-order valence-electron chi connectivity index (χ2n) is 6.29. The Balaban J connectivity index is 0.00000200. The Morgan fingerprint density at radius 3 is 2.90 bits per heavy atom. The minimum absolute atomic E-state index is 0. The normalized spacial score (nSPS) is 31.9. The zero-order valence-electron chi connectivity index (χ0n) is 12.6. The maximum absolute atomic E-state index is 12.1. The first-order chi connectivity index (χ1) is 9.04. The van der Waals surface area contributed by atoms with Crippen LogP contribution in [-0.4, -0.2) is 55.7 Å². The molecule has 3 atom stereocenters. The lowest BCUT2D eigenvalue weighted by Gasteiger charge is -2.27. The molecule has 2 rings (SSSR count). The van der Waals surface area contributed by atoms with Gasteiger partial charge >= 0.3 is 0 Å². The largest absolute Gasteiger partial charge is 0.376 e. The minimum Gasteiger partial charge on any atom is -0.376 e. The van der Waals surface area contributed by atoms with Gasteiger partial charge in [0.15, 0.2) is 0 Å². The Morgan fingerprint density at radius 2 is 2.35 bits per heavy atom. The topological polar surface area (TPSA) is 67.6 Å². The second kappa shape index (κ2) is 7.59. The molecule has 2 aliphatic rings. The van der Waals surface area contributed by atoms with E-state index in [2.05, 4.69) is 17.1 Å². The van der Waals surface area contributed by atoms with Crippen LogP contribution in [0.4, 0.5) is 0 Å². The van der Waals surface area contributed by atoms with Gasteiger partial charge < -0.3 is 15.8 Å². The van der Waals surface area contributed by atoms with Crippen molar-refractivity contribution in [1.82, 2.24) is 10.2 Å². The fraction of sp³-hybridized carbons (Fsp3) is 0.929. The van der Waals surface area contributed by atoms with E-state index >= 15 is 0 Å². The van der Waals surface area contributed by atoms with E-state index in [1.807, 2.05) is 6.92 Å². The number of nitrogens with zero attached hydrogens (tertiary/aromatic N) is 1. The van der Waals surface area contributed by atoms with Crippen molar-refractivity contribution >= 4 is 18.3 Å². The van der Waals surface area contributed by atoms with E-state index in [9.17, 15) is 4.79 Å². The SMILES string of the molecule is CC(C(=O)NCC1CCCO1)N1CCC(C)(CN)C1.Cl. The molecular formula is C14H28ClN3O2. The van der Waals surface area contributed by atoms with Crippen molar-refractivity contribution < 1.29 is 9.53 Å². The summed E-state index contributed by atoms with van der Waals surface area (Å²) >= 11 is 0. The van der Waals surface area contributed by atoms with Gasteiger partial charge in [-0.25, -0.2) is 0 Å². The number of likely N-dealkylation sites (tertiary alicyclic amines) is 1. The zero-order chi connectivity index (χ0) is 13.9. The number of ether oxygens (including phenoxy) is 1. The lowest BCUT2D eigenvalue weighted by molar-refractivity contribution is -0.126. The molecule has 3 N–H and O–H groups in total. The number of rotatable bonds is 5. The summed E-state index contributed by atoms with van der Waals surface area (Å²) in [6.45, 7) is 8.22. The number of nitrogens with one attached hydrogen (secondary N) is 1. The van der Waals surface area contributed by atoms with Crippen LogP contribution in [0.25, 0.3) is 0 Å². The molecule has 1 amide bonds. The van der Waals surface area contributed by atoms with Gasteiger partial charge in [-0.15, -0.1) is 12.4 Å². The van der Waals surface area contributed by atoms with Gasteiger partial charge in [-0.2, -0.15) is 0 Å². The summed E-state index contributed by atoms with van der Waals surface area (Å²) in [7, 11) is 0. The molecule has 6 heteroatoms. The van der Waals surface area contributed by atoms with Gasteiger partial charge in [0, 0.05) is 19.7 Å². The second-order valence-corrected chi connectivity index (χ2v) is 6.29. The average molecular weight is 306 g/mol. The Kier molecular flexibility index (Phi) is 6.72. The molecule has 20 heavy (non-hydrogen) atoms. The monoisotopic (exact) mass is 305 g/mol. The third-order valence-electron chi connectivity index (χ3n) is 4.54. The van der Waals surface area contributed by atoms with Gasteiger partial charge in [-0.1, -0.05) is 6.92 Å². The van der Waals surface area contributed by atoms with Crippen LogP contribution in [0.1, 0.15) is 33.1 Å². The van der Waals surface area contributed by atoms with Crippen molar-refractivity contribution in [1.29, 1.82) is 0 Å². The summed E-state index contributed by atoms with van der Waals surface area (Å²) in [4.78, 5) is 14.4. The average Bonchev–Trinajstić information content (AvgIpc) is 3.05. The number of hydrogen-bond donors (Lipinski definition) is 2. The van der Waals surface area contributed by atoms with Gasteiger partial charge in [-0.3, -0.25) is 9.69 Å². The molecule has 0 saturated carbocycles. The maximum Gasteiger partial charge on any atom is 0.237 e. The van der Waals surface area contributed by atoms with Crippen LogP contribution in [0.2, 0.25) is 0 Å². The molecule has 2 aliphatic heterocycles. The van der Waals surface area contributed by atoms with Crippen molar-refractivity contribution in [2.45, 2.75) is 45.3 Å². The number of amides is 1. The van der Waals surface area contributed by atoms with Crippen LogP contribution in [0, 0.1) is 5.41 Å². The number of carbonyl (C=O) groups excluding carboxylic acids is 1. The molecule has 3 unspecified atom stereocenters. The van der Waals surface area contributed by atoms with Crippen molar-refractivity contribution in [3.8, 4) is 0 Å². The zero-order valence-corrected chi connectivity index (χ0v) is 13.4. The highest BCUT2D eigenvalue weighted by molar-refractivity contribution is 5.85. The first-order valence-corrected chi connectivity index (χ1v) is 7.37. The van der Waals surface area contributed by atoms with Crippen LogP contribution in [0.5, 0.6) is 0 Å². The number of nitrogens with two attached hydrogens (primary N) is 1. The molecule has 0 aliphatic carbocycles. The predicted molar refractivity (Wildman–Crippen MR) is 82.0 cm³/mol. The van der Waals surface area contributed by atoms with E-state index in [0.29, 0.717) is 13.1 Å². The number of hydrogen-bond acceptors (Lipinski definition) is 4. The quantitative estimate of drug-likeness (QED) is 0.787. The summed E-state index contributed by atoms with van der Waals surface area (Å²) in [5.74, 6) is 0.108. The Bertz CT molecular complexity index is 324. The molecule has 2 saturated heterocycles.